The Balaban J connectivity index is 2.75. The summed E-state index contributed by atoms with van der Waals surface area (Å²) in [7, 11) is 3.28. The predicted molar refractivity (Wildman–Crippen MR) is 82.6 cm³/mol. The molecule has 2 rings (SSSR count). The number of methoxy groups -OCH3 is 2. The van der Waals surface area contributed by atoms with Gasteiger partial charge < -0.3 is 9.47 Å². The molecule has 0 aromatic heterocycles. The standard InChI is InChI=1S/C16H20BrNO2/c1-10(2)16(9-18)8-7-12(17)14-11(16)5-6-13(19-3)15(14)20-4/h5-6,10,12H,7-8H2,1-4H3. The van der Waals surface area contributed by atoms with Crippen LogP contribution in [0, 0.1) is 17.2 Å². The van der Waals surface area contributed by atoms with Crippen LogP contribution < -0.4 is 9.47 Å². The van der Waals surface area contributed by atoms with Crippen molar-refractivity contribution in [3.05, 3.63) is 23.3 Å². The number of hydrogen-bond acceptors (Lipinski definition) is 3. The van der Waals surface area contributed by atoms with Crippen LogP contribution in [0.25, 0.3) is 0 Å². The molecule has 0 saturated heterocycles. The van der Waals surface area contributed by atoms with Gasteiger partial charge in [0.25, 0.3) is 0 Å². The smallest absolute Gasteiger partial charge is 0.165 e. The number of alkyl halides is 1. The molecule has 0 spiro atoms. The average molecular weight is 338 g/mol. The lowest BCUT2D eigenvalue weighted by Crippen LogP contribution is -2.35. The van der Waals surface area contributed by atoms with Crippen molar-refractivity contribution >= 4 is 15.9 Å². The maximum absolute atomic E-state index is 9.80. The SMILES string of the molecule is COc1ccc2c(c1OC)C(Br)CCC2(C#N)C(C)C. The van der Waals surface area contributed by atoms with Gasteiger partial charge in [-0.05, 0) is 30.4 Å². The number of hydrogen-bond donors (Lipinski definition) is 0. The number of ether oxygens (including phenoxy) is 2. The van der Waals surface area contributed by atoms with E-state index in [9.17, 15) is 5.26 Å². The molecular weight excluding hydrogens is 318 g/mol. The predicted octanol–water partition coefficient (Wildman–Crippen LogP) is 4.35. The summed E-state index contributed by atoms with van der Waals surface area (Å²) in [5.74, 6) is 1.71. The van der Waals surface area contributed by atoms with Crippen molar-refractivity contribution in [3.63, 3.8) is 0 Å². The Bertz CT molecular complexity index is 550. The topological polar surface area (TPSA) is 42.2 Å². The molecule has 0 heterocycles. The van der Waals surface area contributed by atoms with Crippen LogP contribution in [-0.2, 0) is 5.41 Å². The van der Waals surface area contributed by atoms with Crippen LogP contribution in [-0.4, -0.2) is 14.2 Å². The molecule has 2 unspecified atom stereocenters. The molecular formula is C16H20BrNO2. The number of benzene rings is 1. The van der Waals surface area contributed by atoms with E-state index in [4.69, 9.17) is 9.47 Å². The minimum absolute atomic E-state index is 0.197. The molecule has 1 aromatic carbocycles. The molecule has 1 aromatic rings. The van der Waals surface area contributed by atoms with Gasteiger partial charge in [-0.1, -0.05) is 35.8 Å². The second-order valence-corrected chi connectivity index (χ2v) is 6.61. The first-order valence-corrected chi connectivity index (χ1v) is 7.74. The second kappa shape index (κ2) is 5.65. The van der Waals surface area contributed by atoms with Gasteiger partial charge in [0.2, 0.25) is 0 Å². The summed E-state index contributed by atoms with van der Waals surface area (Å²) in [5, 5.41) is 9.80. The monoisotopic (exact) mass is 337 g/mol. The van der Waals surface area contributed by atoms with Gasteiger partial charge in [-0.2, -0.15) is 5.26 Å². The van der Waals surface area contributed by atoms with Crippen molar-refractivity contribution in [2.45, 2.75) is 36.9 Å². The highest BCUT2D eigenvalue weighted by Gasteiger charge is 2.44. The van der Waals surface area contributed by atoms with E-state index in [1.165, 1.54) is 0 Å². The molecule has 0 aliphatic heterocycles. The van der Waals surface area contributed by atoms with Gasteiger partial charge in [-0.15, -0.1) is 0 Å². The lowest BCUT2D eigenvalue weighted by Gasteiger charge is -2.39. The summed E-state index contributed by atoms with van der Waals surface area (Å²) in [6.45, 7) is 4.22. The number of halogens is 1. The van der Waals surface area contributed by atoms with Crippen LogP contribution in [0.3, 0.4) is 0 Å². The first-order valence-electron chi connectivity index (χ1n) is 6.82. The van der Waals surface area contributed by atoms with Gasteiger partial charge in [0.15, 0.2) is 11.5 Å². The molecule has 2 atom stereocenters. The molecule has 4 heteroatoms. The second-order valence-electron chi connectivity index (χ2n) is 5.51. The zero-order chi connectivity index (χ0) is 14.9. The van der Waals surface area contributed by atoms with Crippen LogP contribution in [0.1, 0.15) is 42.6 Å². The largest absolute Gasteiger partial charge is 0.493 e. The first-order chi connectivity index (χ1) is 9.51. The molecule has 1 aliphatic rings. The molecule has 0 bridgehead atoms. The Morgan fingerprint density at radius 3 is 2.55 bits per heavy atom. The summed E-state index contributed by atoms with van der Waals surface area (Å²) in [4.78, 5) is 0.197. The highest BCUT2D eigenvalue weighted by atomic mass is 79.9. The van der Waals surface area contributed by atoms with Crippen LogP contribution in [0.4, 0.5) is 0 Å². The number of rotatable bonds is 3. The van der Waals surface area contributed by atoms with E-state index in [0.29, 0.717) is 5.75 Å². The summed E-state index contributed by atoms with van der Waals surface area (Å²) in [5.41, 5.74) is 1.69. The third-order valence-electron chi connectivity index (χ3n) is 4.36. The van der Waals surface area contributed by atoms with E-state index in [1.807, 2.05) is 12.1 Å². The molecule has 0 amide bonds. The molecule has 0 saturated carbocycles. The van der Waals surface area contributed by atoms with Gasteiger partial charge in [0, 0.05) is 10.4 Å². The van der Waals surface area contributed by atoms with E-state index in [0.717, 1.165) is 29.7 Å². The van der Waals surface area contributed by atoms with Gasteiger partial charge >= 0.3 is 0 Å². The molecule has 108 valence electrons. The van der Waals surface area contributed by atoms with Crippen molar-refractivity contribution in [1.82, 2.24) is 0 Å². The summed E-state index contributed by atoms with van der Waals surface area (Å²) in [6, 6.07) is 6.49. The quantitative estimate of drug-likeness (QED) is 0.770. The number of fused-ring (bicyclic) bond motifs is 1. The fourth-order valence-corrected chi connectivity index (χ4v) is 3.81. The highest BCUT2D eigenvalue weighted by Crippen LogP contribution is 2.53. The van der Waals surface area contributed by atoms with E-state index in [1.54, 1.807) is 14.2 Å². The highest BCUT2D eigenvalue weighted by molar-refractivity contribution is 9.09. The molecule has 20 heavy (non-hydrogen) atoms. The van der Waals surface area contributed by atoms with Crippen molar-refractivity contribution in [2.75, 3.05) is 14.2 Å². The summed E-state index contributed by atoms with van der Waals surface area (Å²) >= 11 is 3.73. The van der Waals surface area contributed by atoms with Crippen molar-refractivity contribution in [1.29, 1.82) is 5.26 Å². The average Bonchev–Trinajstić information content (AvgIpc) is 2.46. The number of nitriles is 1. The van der Waals surface area contributed by atoms with Crippen molar-refractivity contribution < 1.29 is 9.47 Å². The fourth-order valence-electron chi connectivity index (χ4n) is 3.13. The van der Waals surface area contributed by atoms with Gasteiger partial charge in [-0.3, -0.25) is 0 Å². The van der Waals surface area contributed by atoms with Crippen LogP contribution in [0.5, 0.6) is 11.5 Å². The maximum Gasteiger partial charge on any atom is 0.165 e. The molecule has 0 fully saturated rings. The summed E-state index contributed by atoms with van der Waals surface area (Å²) in [6.07, 6.45) is 1.78. The van der Waals surface area contributed by atoms with Crippen molar-refractivity contribution in [3.8, 4) is 17.6 Å². The molecule has 1 aliphatic carbocycles. The minimum atomic E-state index is -0.445. The Morgan fingerprint density at radius 1 is 1.35 bits per heavy atom. The normalized spacial score (nSPS) is 24.9. The molecule has 0 radical (unpaired) electrons. The van der Waals surface area contributed by atoms with Gasteiger partial charge in [-0.25, -0.2) is 0 Å². The third kappa shape index (κ3) is 2.09. The number of nitrogens with zero attached hydrogens (tertiary/aromatic N) is 1. The summed E-state index contributed by atoms with van der Waals surface area (Å²) < 4.78 is 10.9. The molecule has 0 N–H and O–H groups in total. The van der Waals surface area contributed by atoms with E-state index >= 15 is 0 Å². The van der Waals surface area contributed by atoms with E-state index in [-0.39, 0.29) is 10.7 Å². The van der Waals surface area contributed by atoms with E-state index in [2.05, 4.69) is 35.8 Å². The van der Waals surface area contributed by atoms with E-state index < -0.39 is 5.41 Å². The lowest BCUT2D eigenvalue weighted by atomic mass is 9.64. The van der Waals surface area contributed by atoms with Crippen LogP contribution >= 0.6 is 15.9 Å². The Hall–Kier alpha value is -1.21. The first kappa shape index (κ1) is 15.2. The molecule has 3 nitrogen and oxygen atoms in total. The maximum atomic E-state index is 9.80. The zero-order valence-electron chi connectivity index (χ0n) is 12.4. The Labute approximate surface area is 129 Å². The van der Waals surface area contributed by atoms with Crippen LogP contribution in [0.2, 0.25) is 0 Å². The Kier molecular flexibility index (Phi) is 4.29. The van der Waals surface area contributed by atoms with Crippen LogP contribution in [0.15, 0.2) is 12.1 Å². The van der Waals surface area contributed by atoms with Gasteiger partial charge in [0.1, 0.15) is 0 Å². The zero-order valence-corrected chi connectivity index (χ0v) is 14.0. The minimum Gasteiger partial charge on any atom is -0.493 e. The van der Waals surface area contributed by atoms with Gasteiger partial charge in [0.05, 0.1) is 25.7 Å². The Morgan fingerprint density at radius 2 is 2.05 bits per heavy atom. The lowest BCUT2D eigenvalue weighted by molar-refractivity contribution is 0.320. The van der Waals surface area contributed by atoms with Crippen molar-refractivity contribution in [2.24, 2.45) is 5.92 Å². The third-order valence-corrected chi connectivity index (χ3v) is 5.27. The fraction of sp³-hybridized carbons (Fsp3) is 0.562.